The normalized spacial score (nSPS) is 19.5. The molecule has 3 aromatic rings. The summed E-state index contributed by atoms with van der Waals surface area (Å²) in [6.45, 7) is 2.64. The number of anilines is 1. The molecular formula is C18H18F2N6O2. The molecule has 1 amide bonds. The average molecular weight is 388 g/mol. The minimum absolute atomic E-state index is 0.0248. The number of alkyl halides is 1. The Balaban J connectivity index is 1.45. The number of fused-ring (bicyclic) bond motifs is 1. The van der Waals surface area contributed by atoms with Gasteiger partial charge in [-0.3, -0.25) is 4.79 Å². The molecule has 0 bridgehead atoms. The van der Waals surface area contributed by atoms with Crippen LogP contribution < -0.4 is 15.4 Å². The van der Waals surface area contributed by atoms with E-state index in [0.717, 1.165) is 0 Å². The number of carbonyl (C=O) groups is 1. The van der Waals surface area contributed by atoms with E-state index in [9.17, 15) is 13.6 Å². The van der Waals surface area contributed by atoms with Gasteiger partial charge >= 0.3 is 0 Å². The molecule has 8 nitrogen and oxygen atoms in total. The highest BCUT2D eigenvalue weighted by Crippen LogP contribution is 2.18. The minimum atomic E-state index is -1.13. The van der Waals surface area contributed by atoms with Crippen LogP contribution in [0.3, 0.4) is 0 Å². The quantitative estimate of drug-likeness (QED) is 0.709. The number of amides is 1. The van der Waals surface area contributed by atoms with E-state index in [-0.39, 0.29) is 29.5 Å². The highest BCUT2D eigenvalue weighted by molar-refractivity contribution is 6.02. The number of piperidine rings is 1. The van der Waals surface area contributed by atoms with E-state index in [2.05, 4.69) is 25.6 Å². The van der Waals surface area contributed by atoms with Crippen LogP contribution in [-0.4, -0.2) is 50.6 Å². The van der Waals surface area contributed by atoms with Gasteiger partial charge in [0.05, 0.1) is 23.8 Å². The first-order valence-corrected chi connectivity index (χ1v) is 8.79. The maximum Gasteiger partial charge on any atom is 0.275 e. The monoisotopic (exact) mass is 388 g/mol. The van der Waals surface area contributed by atoms with Crippen molar-refractivity contribution in [2.24, 2.45) is 0 Å². The third kappa shape index (κ3) is 3.77. The van der Waals surface area contributed by atoms with Crippen LogP contribution >= 0.6 is 0 Å². The van der Waals surface area contributed by atoms with Crippen LogP contribution in [0.15, 0.2) is 30.9 Å². The Morgan fingerprint density at radius 3 is 2.96 bits per heavy atom. The number of rotatable bonds is 4. The molecular weight excluding hydrogens is 370 g/mol. The SMILES string of the molecule is Cc1cn2cc(NC(=O)c3cnc(O[C@H]4CCNC[C@H]4F)cn3)cc(F)c2n1. The maximum absolute atomic E-state index is 14.1. The molecule has 0 saturated carbocycles. The maximum atomic E-state index is 14.1. The van der Waals surface area contributed by atoms with Gasteiger partial charge in [0.1, 0.15) is 18.0 Å². The van der Waals surface area contributed by atoms with Crippen molar-refractivity contribution in [2.75, 3.05) is 18.4 Å². The van der Waals surface area contributed by atoms with Gasteiger partial charge in [-0.05, 0) is 19.9 Å². The second-order valence-electron chi connectivity index (χ2n) is 6.55. The lowest BCUT2D eigenvalue weighted by Crippen LogP contribution is -2.44. The molecule has 4 heterocycles. The number of carbonyl (C=O) groups excluding carboxylic acids is 1. The van der Waals surface area contributed by atoms with Crippen molar-refractivity contribution in [2.45, 2.75) is 25.6 Å². The fourth-order valence-corrected chi connectivity index (χ4v) is 3.02. The van der Waals surface area contributed by atoms with Gasteiger partial charge in [0.2, 0.25) is 5.88 Å². The second-order valence-corrected chi connectivity index (χ2v) is 6.55. The fraction of sp³-hybridized carbons (Fsp3) is 0.333. The number of nitrogens with zero attached hydrogens (tertiary/aromatic N) is 4. The number of imidazole rings is 1. The summed E-state index contributed by atoms with van der Waals surface area (Å²) in [6.07, 6.45) is 4.51. The Labute approximate surface area is 159 Å². The summed E-state index contributed by atoms with van der Waals surface area (Å²) in [5.41, 5.74) is 1.12. The van der Waals surface area contributed by atoms with Gasteiger partial charge in [-0.1, -0.05) is 0 Å². The van der Waals surface area contributed by atoms with Crippen molar-refractivity contribution in [1.82, 2.24) is 24.7 Å². The lowest BCUT2D eigenvalue weighted by atomic mass is 10.1. The fourth-order valence-electron chi connectivity index (χ4n) is 3.02. The number of hydrogen-bond acceptors (Lipinski definition) is 6. The molecule has 1 fully saturated rings. The summed E-state index contributed by atoms with van der Waals surface area (Å²) in [6, 6.07) is 1.18. The molecule has 1 saturated heterocycles. The zero-order chi connectivity index (χ0) is 19.7. The molecule has 0 aromatic carbocycles. The van der Waals surface area contributed by atoms with Crippen molar-refractivity contribution >= 4 is 17.2 Å². The van der Waals surface area contributed by atoms with Gasteiger partial charge in [0.25, 0.3) is 5.91 Å². The van der Waals surface area contributed by atoms with E-state index in [4.69, 9.17) is 4.74 Å². The molecule has 0 aliphatic carbocycles. The largest absolute Gasteiger partial charge is 0.470 e. The van der Waals surface area contributed by atoms with E-state index < -0.39 is 24.0 Å². The summed E-state index contributed by atoms with van der Waals surface area (Å²) in [7, 11) is 0. The molecule has 0 spiro atoms. The number of aryl methyl sites for hydroxylation is 1. The predicted octanol–water partition coefficient (Wildman–Crippen LogP) is 1.90. The molecule has 1 aliphatic rings. The van der Waals surface area contributed by atoms with Gasteiger partial charge in [0, 0.05) is 25.0 Å². The first-order valence-electron chi connectivity index (χ1n) is 8.79. The van der Waals surface area contributed by atoms with Crippen molar-refractivity contribution < 1.29 is 18.3 Å². The Hall–Kier alpha value is -3.14. The van der Waals surface area contributed by atoms with Crippen LogP contribution in [-0.2, 0) is 0 Å². The van der Waals surface area contributed by atoms with Crippen molar-refractivity contribution in [3.63, 3.8) is 0 Å². The summed E-state index contributed by atoms with van der Waals surface area (Å²) in [4.78, 5) is 24.4. The molecule has 0 radical (unpaired) electrons. The van der Waals surface area contributed by atoms with Gasteiger partial charge in [-0.15, -0.1) is 0 Å². The van der Waals surface area contributed by atoms with Crippen LogP contribution in [0.1, 0.15) is 22.6 Å². The molecule has 1 aliphatic heterocycles. The molecule has 4 rings (SSSR count). The summed E-state index contributed by atoms with van der Waals surface area (Å²) >= 11 is 0. The zero-order valence-electron chi connectivity index (χ0n) is 15.0. The molecule has 146 valence electrons. The number of aromatic nitrogens is 4. The standard InChI is InChI=1S/C18H18F2N6O2/c1-10-8-26-9-11(4-12(19)17(26)24-10)25-18(27)14-6-23-16(7-22-14)28-15-2-3-21-5-13(15)20/h4,6-9,13,15,21H,2-3,5H2,1H3,(H,25,27)/t13-,15+/m1/s1. The topological polar surface area (TPSA) is 93.4 Å². The lowest BCUT2D eigenvalue weighted by Gasteiger charge is -2.26. The van der Waals surface area contributed by atoms with Crippen molar-refractivity contribution in [3.05, 3.63) is 48.1 Å². The number of pyridine rings is 1. The van der Waals surface area contributed by atoms with Gasteiger partial charge in [-0.2, -0.15) is 0 Å². The van der Waals surface area contributed by atoms with Crippen LogP contribution in [0.4, 0.5) is 14.5 Å². The molecule has 2 atom stereocenters. The molecule has 0 unspecified atom stereocenters. The molecule has 3 aromatic heterocycles. The van der Waals surface area contributed by atoms with Crippen LogP contribution in [0.2, 0.25) is 0 Å². The van der Waals surface area contributed by atoms with E-state index in [1.165, 1.54) is 22.9 Å². The predicted molar refractivity (Wildman–Crippen MR) is 96.7 cm³/mol. The van der Waals surface area contributed by atoms with Crippen LogP contribution in [0, 0.1) is 12.7 Å². The van der Waals surface area contributed by atoms with E-state index in [1.54, 1.807) is 19.3 Å². The zero-order valence-corrected chi connectivity index (χ0v) is 15.0. The van der Waals surface area contributed by atoms with Crippen LogP contribution in [0.5, 0.6) is 5.88 Å². The highest BCUT2D eigenvalue weighted by atomic mass is 19.1. The van der Waals surface area contributed by atoms with Crippen molar-refractivity contribution in [3.8, 4) is 5.88 Å². The Morgan fingerprint density at radius 2 is 2.21 bits per heavy atom. The van der Waals surface area contributed by atoms with Gasteiger partial charge < -0.3 is 19.8 Å². The Morgan fingerprint density at radius 1 is 1.36 bits per heavy atom. The first-order chi connectivity index (χ1) is 13.5. The number of ether oxygens (including phenoxy) is 1. The summed E-state index contributed by atoms with van der Waals surface area (Å²) in [5.74, 6) is -0.962. The van der Waals surface area contributed by atoms with Gasteiger partial charge in [0.15, 0.2) is 11.5 Å². The van der Waals surface area contributed by atoms with E-state index >= 15 is 0 Å². The average Bonchev–Trinajstić information content (AvgIpc) is 3.05. The Kier molecular flexibility index (Phi) is 4.86. The third-order valence-corrected chi connectivity index (χ3v) is 4.37. The summed E-state index contributed by atoms with van der Waals surface area (Å²) in [5, 5.41) is 5.51. The van der Waals surface area contributed by atoms with E-state index in [0.29, 0.717) is 18.7 Å². The lowest BCUT2D eigenvalue weighted by molar-refractivity contribution is 0.0689. The second kappa shape index (κ2) is 7.47. The highest BCUT2D eigenvalue weighted by Gasteiger charge is 2.26. The molecule has 2 N–H and O–H groups in total. The first kappa shape index (κ1) is 18.2. The molecule has 10 heteroatoms. The number of nitrogens with one attached hydrogen (secondary N) is 2. The number of halogens is 2. The Bertz CT molecular complexity index is 1010. The third-order valence-electron chi connectivity index (χ3n) is 4.37. The van der Waals surface area contributed by atoms with E-state index in [1.807, 2.05) is 0 Å². The minimum Gasteiger partial charge on any atom is -0.470 e. The molecule has 28 heavy (non-hydrogen) atoms. The van der Waals surface area contributed by atoms with Crippen molar-refractivity contribution in [1.29, 1.82) is 0 Å². The van der Waals surface area contributed by atoms with Gasteiger partial charge in [-0.25, -0.2) is 23.7 Å². The number of hydrogen-bond donors (Lipinski definition) is 2. The smallest absolute Gasteiger partial charge is 0.275 e. The van der Waals surface area contributed by atoms with Crippen LogP contribution in [0.25, 0.3) is 5.65 Å². The summed E-state index contributed by atoms with van der Waals surface area (Å²) < 4.78 is 34.9.